The maximum atomic E-state index is 11.2. The second kappa shape index (κ2) is 4.49. The maximum Gasteiger partial charge on any atom is 0.410 e. The molecule has 0 aromatic heterocycles. The fraction of sp³-hybridized carbons (Fsp3) is 0.900. The van der Waals surface area contributed by atoms with Crippen molar-refractivity contribution in [3.8, 4) is 0 Å². The van der Waals surface area contributed by atoms with E-state index < -0.39 is 0 Å². The molecular weight excluding hydrogens is 166 g/mol. The number of hydrogen-bond donors (Lipinski definition) is 0. The zero-order chi connectivity index (χ0) is 9.84. The van der Waals surface area contributed by atoms with Crippen LogP contribution in [0.5, 0.6) is 0 Å². The molecular formula is C10H19NO2. The molecule has 1 rings (SSSR count). The summed E-state index contributed by atoms with van der Waals surface area (Å²) in [6.45, 7) is 4.23. The quantitative estimate of drug-likeness (QED) is 0.673. The van der Waals surface area contributed by atoms with E-state index in [9.17, 15) is 4.79 Å². The minimum atomic E-state index is -0.159. The first-order valence-electron chi connectivity index (χ1n) is 5.14. The number of nitrogens with zero attached hydrogens (tertiary/aromatic N) is 1. The first-order chi connectivity index (χ1) is 6.20. The minimum absolute atomic E-state index is 0.115. The molecule has 1 aliphatic rings. The summed E-state index contributed by atoms with van der Waals surface area (Å²) >= 11 is 0. The lowest BCUT2D eigenvalue weighted by molar-refractivity contribution is 0.127. The van der Waals surface area contributed by atoms with Crippen LogP contribution in [0.4, 0.5) is 4.79 Å². The van der Waals surface area contributed by atoms with Gasteiger partial charge in [-0.1, -0.05) is 26.7 Å². The molecule has 1 saturated heterocycles. The zero-order valence-electron chi connectivity index (χ0n) is 8.75. The van der Waals surface area contributed by atoms with Crippen molar-refractivity contribution in [2.75, 3.05) is 7.05 Å². The molecule has 0 aromatic carbocycles. The number of cyclic esters (lactones) is 1. The Labute approximate surface area is 80.1 Å². The lowest BCUT2D eigenvalue weighted by Crippen LogP contribution is -2.33. The van der Waals surface area contributed by atoms with E-state index in [2.05, 4.69) is 13.8 Å². The SMILES string of the molecule is CCCCC1C(CC)OC(=O)N1C. The average Bonchev–Trinajstić information content (AvgIpc) is 2.40. The molecule has 0 N–H and O–H groups in total. The van der Waals surface area contributed by atoms with Gasteiger partial charge >= 0.3 is 6.09 Å². The van der Waals surface area contributed by atoms with E-state index in [0.29, 0.717) is 6.04 Å². The van der Waals surface area contributed by atoms with Crippen LogP contribution in [0.2, 0.25) is 0 Å². The summed E-state index contributed by atoms with van der Waals surface area (Å²) in [5.41, 5.74) is 0. The van der Waals surface area contributed by atoms with E-state index in [1.165, 1.54) is 12.8 Å². The van der Waals surface area contributed by atoms with Crippen LogP contribution in [0, 0.1) is 0 Å². The molecule has 2 atom stereocenters. The average molecular weight is 185 g/mol. The molecule has 1 fully saturated rings. The number of carbonyl (C=O) groups excluding carboxylic acids is 1. The zero-order valence-corrected chi connectivity index (χ0v) is 8.75. The Morgan fingerprint density at radius 3 is 2.69 bits per heavy atom. The van der Waals surface area contributed by atoms with Crippen LogP contribution in [0.1, 0.15) is 39.5 Å². The Bertz CT molecular complexity index is 182. The molecule has 0 spiro atoms. The fourth-order valence-electron chi connectivity index (χ4n) is 1.82. The summed E-state index contributed by atoms with van der Waals surface area (Å²) in [6, 6.07) is 0.303. The van der Waals surface area contributed by atoms with Crippen LogP contribution < -0.4 is 0 Å². The third-order valence-electron chi connectivity index (χ3n) is 2.72. The molecule has 3 heteroatoms. The lowest BCUT2D eigenvalue weighted by Gasteiger charge is -2.19. The normalized spacial score (nSPS) is 27.9. The summed E-state index contributed by atoms with van der Waals surface area (Å²) in [4.78, 5) is 13.0. The summed E-state index contributed by atoms with van der Waals surface area (Å²) < 4.78 is 5.22. The number of amides is 1. The molecule has 1 heterocycles. The molecule has 0 saturated carbocycles. The lowest BCUT2D eigenvalue weighted by atomic mass is 10.0. The number of carbonyl (C=O) groups is 1. The van der Waals surface area contributed by atoms with Gasteiger partial charge in [-0.3, -0.25) is 0 Å². The predicted octanol–water partition coefficient (Wildman–Crippen LogP) is 2.41. The van der Waals surface area contributed by atoms with Crippen molar-refractivity contribution < 1.29 is 9.53 Å². The molecule has 0 bridgehead atoms. The number of hydrogen-bond acceptors (Lipinski definition) is 2. The summed E-state index contributed by atoms with van der Waals surface area (Å²) in [6.07, 6.45) is 4.29. The van der Waals surface area contributed by atoms with Crippen LogP contribution in [0.3, 0.4) is 0 Å². The summed E-state index contributed by atoms with van der Waals surface area (Å²) in [5, 5.41) is 0. The second-order valence-corrected chi connectivity index (χ2v) is 3.65. The van der Waals surface area contributed by atoms with Crippen molar-refractivity contribution in [2.24, 2.45) is 0 Å². The van der Waals surface area contributed by atoms with Crippen molar-refractivity contribution in [3.63, 3.8) is 0 Å². The molecule has 0 aliphatic carbocycles. The molecule has 76 valence electrons. The van der Waals surface area contributed by atoms with Gasteiger partial charge in [-0.2, -0.15) is 0 Å². The van der Waals surface area contributed by atoms with Crippen LogP contribution in [0.25, 0.3) is 0 Å². The highest BCUT2D eigenvalue weighted by Crippen LogP contribution is 2.24. The largest absolute Gasteiger partial charge is 0.444 e. The monoisotopic (exact) mass is 185 g/mol. The van der Waals surface area contributed by atoms with Gasteiger partial charge in [0.15, 0.2) is 0 Å². The third-order valence-corrected chi connectivity index (χ3v) is 2.72. The van der Waals surface area contributed by atoms with Gasteiger partial charge in [0, 0.05) is 7.05 Å². The van der Waals surface area contributed by atoms with Crippen molar-refractivity contribution >= 4 is 6.09 Å². The van der Waals surface area contributed by atoms with Gasteiger partial charge in [0.25, 0.3) is 0 Å². The van der Waals surface area contributed by atoms with Gasteiger partial charge in [0.1, 0.15) is 6.10 Å². The number of unbranched alkanes of at least 4 members (excludes halogenated alkanes) is 1. The third kappa shape index (κ3) is 2.14. The van der Waals surface area contributed by atoms with E-state index in [4.69, 9.17) is 4.74 Å². The van der Waals surface area contributed by atoms with E-state index in [-0.39, 0.29) is 12.2 Å². The van der Waals surface area contributed by atoms with Crippen LogP contribution in [0.15, 0.2) is 0 Å². The Morgan fingerprint density at radius 1 is 1.46 bits per heavy atom. The standard InChI is InChI=1S/C10H19NO2/c1-4-6-7-8-9(5-2)13-10(12)11(8)3/h8-9H,4-7H2,1-3H3. The molecule has 2 unspecified atom stereocenters. The number of likely N-dealkylation sites (N-methyl/N-ethyl adjacent to an activating group) is 1. The highest BCUT2D eigenvalue weighted by Gasteiger charge is 2.37. The van der Waals surface area contributed by atoms with Gasteiger partial charge in [-0.15, -0.1) is 0 Å². The Morgan fingerprint density at radius 2 is 2.15 bits per heavy atom. The topological polar surface area (TPSA) is 29.5 Å². The van der Waals surface area contributed by atoms with Gasteiger partial charge in [-0.25, -0.2) is 4.79 Å². The first kappa shape index (κ1) is 10.4. The van der Waals surface area contributed by atoms with Crippen molar-refractivity contribution in [1.82, 2.24) is 4.90 Å². The predicted molar refractivity (Wildman–Crippen MR) is 51.6 cm³/mol. The van der Waals surface area contributed by atoms with Gasteiger partial charge in [-0.05, 0) is 12.8 Å². The van der Waals surface area contributed by atoms with Crippen LogP contribution in [-0.4, -0.2) is 30.2 Å². The molecule has 1 aliphatic heterocycles. The summed E-state index contributed by atoms with van der Waals surface area (Å²) in [7, 11) is 1.83. The Hall–Kier alpha value is -0.730. The van der Waals surface area contributed by atoms with E-state index in [1.54, 1.807) is 4.90 Å². The maximum absolute atomic E-state index is 11.2. The van der Waals surface area contributed by atoms with Crippen molar-refractivity contribution in [2.45, 2.75) is 51.7 Å². The molecule has 0 aromatic rings. The van der Waals surface area contributed by atoms with Gasteiger partial charge < -0.3 is 9.64 Å². The number of ether oxygens (including phenoxy) is 1. The van der Waals surface area contributed by atoms with Gasteiger partial charge in [0.2, 0.25) is 0 Å². The number of rotatable bonds is 4. The Kier molecular flexibility index (Phi) is 3.58. The minimum Gasteiger partial charge on any atom is -0.444 e. The first-order valence-corrected chi connectivity index (χ1v) is 5.14. The van der Waals surface area contributed by atoms with E-state index in [0.717, 1.165) is 12.8 Å². The highest BCUT2D eigenvalue weighted by molar-refractivity contribution is 5.70. The molecule has 0 radical (unpaired) electrons. The van der Waals surface area contributed by atoms with E-state index in [1.807, 2.05) is 7.05 Å². The molecule has 3 nitrogen and oxygen atoms in total. The van der Waals surface area contributed by atoms with Crippen LogP contribution in [-0.2, 0) is 4.74 Å². The Balaban J connectivity index is 2.52. The second-order valence-electron chi connectivity index (χ2n) is 3.65. The van der Waals surface area contributed by atoms with E-state index >= 15 is 0 Å². The summed E-state index contributed by atoms with van der Waals surface area (Å²) in [5.74, 6) is 0. The smallest absolute Gasteiger partial charge is 0.410 e. The van der Waals surface area contributed by atoms with Crippen molar-refractivity contribution in [1.29, 1.82) is 0 Å². The van der Waals surface area contributed by atoms with Gasteiger partial charge in [0.05, 0.1) is 6.04 Å². The fourth-order valence-corrected chi connectivity index (χ4v) is 1.82. The molecule has 13 heavy (non-hydrogen) atoms. The van der Waals surface area contributed by atoms with Crippen LogP contribution >= 0.6 is 0 Å². The van der Waals surface area contributed by atoms with Crippen molar-refractivity contribution in [3.05, 3.63) is 0 Å². The highest BCUT2D eigenvalue weighted by atomic mass is 16.6. The molecule has 1 amide bonds.